The van der Waals surface area contributed by atoms with Gasteiger partial charge in [-0.3, -0.25) is 0 Å². The van der Waals surface area contributed by atoms with Crippen molar-refractivity contribution in [1.82, 2.24) is 0 Å². The molecule has 5 atom stereocenters. The van der Waals surface area contributed by atoms with Gasteiger partial charge >= 0.3 is 0 Å². The number of aliphatic hydroxyl groups excluding tert-OH is 3. The smallest absolute Gasteiger partial charge is 0.152 e. The van der Waals surface area contributed by atoms with Crippen molar-refractivity contribution < 1.29 is 24.4 Å². The van der Waals surface area contributed by atoms with Gasteiger partial charge in [-0.15, -0.1) is 0 Å². The molecule has 0 aromatic rings. The molecule has 3 N–H and O–H groups in total. The zero-order chi connectivity index (χ0) is 9.30. The van der Waals surface area contributed by atoms with E-state index in [2.05, 4.69) is 4.74 Å². The molecule has 0 aromatic heterocycles. The zero-order valence-electron chi connectivity index (χ0n) is 6.30. The molecule has 1 rings (SSSR count). The van der Waals surface area contributed by atoms with Gasteiger partial charge in [0.25, 0.3) is 0 Å². The molecule has 1 aliphatic heterocycles. The van der Waals surface area contributed by atoms with E-state index < -0.39 is 37.2 Å². The van der Waals surface area contributed by atoms with Crippen molar-refractivity contribution in [3.8, 4) is 0 Å². The number of ether oxygens (including phenoxy) is 1. The summed E-state index contributed by atoms with van der Waals surface area (Å²) in [5.74, 6) is 0. The van der Waals surface area contributed by atoms with Crippen molar-refractivity contribution in [3.63, 3.8) is 0 Å². The van der Waals surface area contributed by atoms with Gasteiger partial charge in [0.05, 0.1) is 12.7 Å². The van der Waals surface area contributed by atoms with Gasteiger partial charge in [0.15, 0.2) is 6.17 Å². The zero-order valence-corrected chi connectivity index (χ0v) is 6.30. The van der Waals surface area contributed by atoms with E-state index in [4.69, 9.17) is 22.2 Å². The summed E-state index contributed by atoms with van der Waals surface area (Å²) in [6, 6.07) is 0. The highest BCUT2D eigenvalue weighted by molar-refractivity contribution is 4.94. The normalized spacial score (nSPS) is 44.8. The van der Waals surface area contributed by atoms with Crippen LogP contribution in [0.2, 0.25) is 0 Å². The first-order valence-electron chi connectivity index (χ1n) is 3.60. The van der Waals surface area contributed by atoms with Crippen LogP contribution in [0.5, 0.6) is 0 Å². The van der Waals surface area contributed by atoms with Crippen LogP contribution in [0, 0.1) is 6.92 Å². The maximum Gasteiger partial charge on any atom is 0.152 e. The van der Waals surface area contributed by atoms with Crippen LogP contribution in [0.4, 0.5) is 4.39 Å². The van der Waals surface area contributed by atoms with Gasteiger partial charge in [0.2, 0.25) is 0 Å². The van der Waals surface area contributed by atoms with Gasteiger partial charge in [0, 0.05) is 0 Å². The molecule has 0 aromatic carbocycles. The third-order valence-corrected chi connectivity index (χ3v) is 1.87. The van der Waals surface area contributed by atoms with Crippen LogP contribution in [0.3, 0.4) is 0 Å². The first-order valence-corrected chi connectivity index (χ1v) is 3.60. The molecule has 12 heavy (non-hydrogen) atoms. The van der Waals surface area contributed by atoms with E-state index in [1.165, 1.54) is 0 Å². The molecule has 70 valence electrons. The second-order valence-corrected chi connectivity index (χ2v) is 2.75. The van der Waals surface area contributed by atoms with Gasteiger partial charge in [-0.25, -0.2) is 4.39 Å². The van der Waals surface area contributed by atoms with E-state index in [1.54, 1.807) is 0 Å². The van der Waals surface area contributed by atoms with Crippen LogP contribution in [-0.2, 0) is 4.74 Å². The number of alkyl halides is 1. The molecule has 0 spiro atoms. The minimum Gasteiger partial charge on any atom is -0.393 e. The molecule has 0 aliphatic carbocycles. The fraction of sp³-hybridized carbons (Fsp3) is 0.857. The molecule has 0 bridgehead atoms. The standard InChI is InChI=1S/C7H11FO4/c1-3-5(10)6(11)7(12-3)4(8)2-9/h1,3-7,9-11H,2H2/t3?,4-,5?,6-,7+/m1/s1. The molecule has 2 unspecified atom stereocenters. The Bertz CT molecular complexity index is 154. The summed E-state index contributed by atoms with van der Waals surface area (Å²) in [6.07, 6.45) is -6.71. The molecule has 0 amide bonds. The molecule has 1 saturated heterocycles. The summed E-state index contributed by atoms with van der Waals surface area (Å²) in [5, 5.41) is 26.6. The Hall–Kier alpha value is -0.230. The lowest BCUT2D eigenvalue weighted by Gasteiger charge is -2.16. The minimum absolute atomic E-state index is 0.763. The van der Waals surface area contributed by atoms with Crippen LogP contribution in [0.1, 0.15) is 0 Å². The first-order chi connectivity index (χ1) is 5.57. The average Bonchev–Trinajstić information content (AvgIpc) is 2.32. The van der Waals surface area contributed by atoms with E-state index in [0.717, 1.165) is 0 Å². The topological polar surface area (TPSA) is 69.9 Å². The summed E-state index contributed by atoms with van der Waals surface area (Å²) in [4.78, 5) is 0. The highest BCUT2D eigenvalue weighted by Crippen LogP contribution is 2.24. The minimum atomic E-state index is -1.72. The van der Waals surface area contributed by atoms with Crippen LogP contribution < -0.4 is 0 Å². The monoisotopic (exact) mass is 178 g/mol. The van der Waals surface area contributed by atoms with E-state index in [-0.39, 0.29) is 0 Å². The summed E-state index contributed by atoms with van der Waals surface area (Å²) in [6.45, 7) is 4.41. The Morgan fingerprint density at radius 3 is 2.33 bits per heavy atom. The Morgan fingerprint density at radius 2 is 2.00 bits per heavy atom. The number of halogens is 1. The highest BCUT2D eigenvalue weighted by Gasteiger charge is 2.44. The molecule has 4 nitrogen and oxygen atoms in total. The summed E-state index contributed by atoms with van der Waals surface area (Å²) >= 11 is 0. The third-order valence-electron chi connectivity index (χ3n) is 1.87. The van der Waals surface area contributed by atoms with Crippen molar-refractivity contribution in [2.45, 2.75) is 30.6 Å². The first kappa shape index (κ1) is 9.85. The Labute approximate surface area is 69.6 Å². The molecule has 1 aliphatic rings. The second-order valence-electron chi connectivity index (χ2n) is 2.75. The lowest BCUT2D eigenvalue weighted by atomic mass is 10.1. The lowest BCUT2D eigenvalue weighted by Crippen LogP contribution is -2.38. The fourth-order valence-corrected chi connectivity index (χ4v) is 1.13. The van der Waals surface area contributed by atoms with Crippen LogP contribution in [0.25, 0.3) is 0 Å². The van der Waals surface area contributed by atoms with E-state index in [9.17, 15) is 4.39 Å². The van der Waals surface area contributed by atoms with Gasteiger partial charge in [0.1, 0.15) is 18.3 Å². The largest absolute Gasteiger partial charge is 0.393 e. The van der Waals surface area contributed by atoms with E-state index in [1.807, 2.05) is 0 Å². The molecule has 2 radical (unpaired) electrons. The van der Waals surface area contributed by atoms with E-state index >= 15 is 0 Å². The highest BCUT2D eigenvalue weighted by atomic mass is 19.1. The number of hydrogen-bond donors (Lipinski definition) is 3. The van der Waals surface area contributed by atoms with E-state index in [0.29, 0.717) is 0 Å². The van der Waals surface area contributed by atoms with Gasteiger partial charge in [-0.2, -0.15) is 0 Å². The fourth-order valence-electron chi connectivity index (χ4n) is 1.13. The van der Waals surface area contributed by atoms with Crippen LogP contribution in [0.15, 0.2) is 0 Å². The predicted octanol–water partition coefficient (Wildman–Crippen LogP) is -1.48. The van der Waals surface area contributed by atoms with Gasteiger partial charge in [-0.1, -0.05) is 0 Å². The van der Waals surface area contributed by atoms with Crippen molar-refractivity contribution in [2.75, 3.05) is 6.61 Å². The molecular formula is C7H11FO4. The molecule has 1 fully saturated rings. The summed E-state index contributed by atoms with van der Waals surface area (Å²) in [7, 11) is 0. The van der Waals surface area contributed by atoms with Crippen LogP contribution in [-0.4, -0.2) is 52.5 Å². The molecular weight excluding hydrogens is 167 g/mol. The molecule has 0 saturated carbocycles. The molecule has 1 heterocycles. The quantitative estimate of drug-likeness (QED) is 0.482. The number of aliphatic hydroxyl groups is 3. The number of rotatable bonds is 2. The predicted molar refractivity (Wildman–Crippen MR) is 37.0 cm³/mol. The van der Waals surface area contributed by atoms with Crippen LogP contribution >= 0.6 is 0 Å². The van der Waals surface area contributed by atoms with Crippen molar-refractivity contribution >= 4 is 0 Å². The Kier molecular flexibility index (Phi) is 3.00. The molecule has 5 heteroatoms. The third kappa shape index (κ3) is 1.59. The van der Waals surface area contributed by atoms with Crippen molar-refractivity contribution in [2.24, 2.45) is 0 Å². The van der Waals surface area contributed by atoms with Crippen molar-refractivity contribution in [1.29, 1.82) is 0 Å². The SMILES string of the molecule is [CH]C1O[C@@H]([C@H](F)CO)[C@H](O)C1O. The summed E-state index contributed by atoms with van der Waals surface area (Å²) < 4.78 is 17.4. The average molecular weight is 178 g/mol. The van der Waals surface area contributed by atoms with Gasteiger partial charge in [-0.05, 0) is 6.92 Å². The summed E-state index contributed by atoms with van der Waals surface area (Å²) in [5.41, 5.74) is 0. The Morgan fingerprint density at radius 1 is 1.42 bits per heavy atom. The van der Waals surface area contributed by atoms with Crippen molar-refractivity contribution in [3.05, 3.63) is 6.92 Å². The maximum atomic E-state index is 12.7. The van der Waals surface area contributed by atoms with Gasteiger partial charge < -0.3 is 20.1 Å². The Balaban J connectivity index is 2.58. The number of hydrogen-bond acceptors (Lipinski definition) is 4. The second kappa shape index (κ2) is 3.66. The lowest BCUT2D eigenvalue weighted by molar-refractivity contribution is -0.0433. The maximum absolute atomic E-state index is 12.7.